The number of esters is 1. The summed E-state index contributed by atoms with van der Waals surface area (Å²) >= 11 is 5.93. The van der Waals surface area contributed by atoms with Crippen molar-refractivity contribution in [3.63, 3.8) is 0 Å². The van der Waals surface area contributed by atoms with Gasteiger partial charge in [0.1, 0.15) is 0 Å². The van der Waals surface area contributed by atoms with Gasteiger partial charge in [0, 0.05) is 24.0 Å². The van der Waals surface area contributed by atoms with E-state index in [2.05, 4.69) is 10.1 Å². The van der Waals surface area contributed by atoms with E-state index < -0.39 is 0 Å². The Morgan fingerprint density at radius 1 is 1.22 bits per heavy atom. The molecule has 0 spiro atoms. The topological polar surface area (TPSA) is 60.3 Å². The molecule has 0 aliphatic heterocycles. The van der Waals surface area contributed by atoms with Crippen molar-refractivity contribution in [2.24, 2.45) is 0 Å². The zero-order valence-corrected chi connectivity index (χ0v) is 13.6. The molecule has 6 heteroatoms. The summed E-state index contributed by atoms with van der Waals surface area (Å²) in [6.45, 7) is 0.268. The highest BCUT2D eigenvalue weighted by molar-refractivity contribution is 6.30. The van der Waals surface area contributed by atoms with Gasteiger partial charge in [-0.25, -0.2) is 0 Å². The lowest BCUT2D eigenvalue weighted by Gasteiger charge is -2.19. The Kier molecular flexibility index (Phi) is 6.23. The standard InChI is InChI=1S/C17H19ClN2O3/c1-23-17(22)8-9-19-16(21)12-15(20-10-2-3-11-20)13-4-6-14(18)7-5-13/h2-7,10-11,15H,8-9,12H2,1H3,(H,19,21)/t15-/m0/s1. The van der Waals surface area contributed by atoms with E-state index in [1.807, 2.05) is 53.4 Å². The maximum absolute atomic E-state index is 12.2. The van der Waals surface area contributed by atoms with E-state index in [0.29, 0.717) is 5.02 Å². The Morgan fingerprint density at radius 3 is 2.48 bits per heavy atom. The maximum atomic E-state index is 12.2. The molecule has 0 saturated heterocycles. The van der Waals surface area contributed by atoms with Gasteiger partial charge in [-0.3, -0.25) is 9.59 Å². The van der Waals surface area contributed by atoms with Crippen LogP contribution < -0.4 is 5.32 Å². The van der Waals surface area contributed by atoms with Crippen LogP contribution >= 0.6 is 11.6 Å². The van der Waals surface area contributed by atoms with Crippen LogP contribution in [0.15, 0.2) is 48.8 Å². The highest BCUT2D eigenvalue weighted by atomic mass is 35.5. The molecule has 1 N–H and O–H groups in total. The van der Waals surface area contributed by atoms with Crippen molar-refractivity contribution < 1.29 is 14.3 Å². The summed E-state index contributed by atoms with van der Waals surface area (Å²) < 4.78 is 6.52. The van der Waals surface area contributed by atoms with Crippen molar-refractivity contribution in [2.45, 2.75) is 18.9 Å². The molecule has 0 aliphatic carbocycles. The van der Waals surface area contributed by atoms with Gasteiger partial charge in [0.2, 0.25) is 5.91 Å². The van der Waals surface area contributed by atoms with Crippen molar-refractivity contribution >= 4 is 23.5 Å². The lowest BCUT2D eigenvalue weighted by Crippen LogP contribution is -2.29. The number of ether oxygens (including phenoxy) is 1. The maximum Gasteiger partial charge on any atom is 0.307 e. The summed E-state index contributed by atoms with van der Waals surface area (Å²) in [5.74, 6) is -0.465. The van der Waals surface area contributed by atoms with Crippen LogP contribution in [0.5, 0.6) is 0 Å². The van der Waals surface area contributed by atoms with E-state index in [1.54, 1.807) is 0 Å². The molecule has 0 bridgehead atoms. The molecular formula is C17H19ClN2O3. The molecule has 122 valence electrons. The summed E-state index contributed by atoms with van der Waals surface area (Å²) in [6.07, 6.45) is 4.27. The van der Waals surface area contributed by atoms with E-state index in [0.717, 1.165) is 5.56 Å². The molecule has 0 unspecified atom stereocenters. The number of halogens is 1. The lowest BCUT2D eigenvalue weighted by molar-refractivity contribution is -0.140. The first-order chi connectivity index (χ1) is 11.1. The second-order valence-corrected chi connectivity index (χ2v) is 5.51. The number of hydrogen-bond acceptors (Lipinski definition) is 3. The molecule has 0 fully saturated rings. The molecule has 0 aliphatic rings. The number of benzene rings is 1. The predicted octanol–water partition coefficient (Wildman–Crippen LogP) is 2.80. The number of nitrogens with one attached hydrogen (secondary N) is 1. The van der Waals surface area contributed by atoms with Crippen LogP contribution in [-0.4, -0.2) is 30.1 Å². The molecular weight excluding hydrogens is 316 g/mol. The van der Waals surface area contributed by atoms with Gasteiger partial charge in [-0.1, -0.05) is 23.7 Å². The van der Waals surface area contributed by atoms with E-state index >= 15 is 0 Å². The SMILES string of the molecule is COC(=O)CCNC(=O)C[C@@H](c1ccc(Cl)cc1)n1cccc1. The average molecular weight is 335 g/mol. The number of rotatable bonds is 7. The first-order valence-corrected chi connectivity index (χ1v) is 7.69. The second-order valence-electron chi connectivity index (χ2n) is 5.08. The molecule has 1 heterocycles. The Hall–Kier alpha value is -2.27. The Bertz CT molecular complexity index is 638. The molecule has 1 atom stereocenters. The highest BCUT2D eigenvalue weighted by Gasteiger charge is 2.17. The molecule has 2 rings (SSSR count). The van der Waals surface area contributed by atoms with Gasteiger partial charge >= 0.3 is 5.97 Å². The fourth-order valence-corrected chi connectivity index (χ4v) is 2.42. The van der Waals surface area contributed by atoms with E-state index in [9.17, 15) is 9.59 Å². The van der Waals surface area contributed by atoms with Crippen LogP contribution in [0.3, 0.4) is 0 Å². The number of hydrogen-bond donors (Lipinski definition) is 1. The third-order valence-electron chi connectivity index (χ3n) is 3.50. The molecule has 1 amide bonds. The number of carbonyl (C=O) groups excluding carboxylic acids is 2. The zero-order chi connectivity index (χ0) is 16.7. The average Bonchev–Trinajstić information content (AvgIpc) is 3.07. The van der Waals surface area contributed by atoms with E-state index in [-0.39, 0.29) is 37.3 Å². The molecule has 5 nitrogen and oxygen atoms in total. The van der Waals surface area contributed by atoms with Crippen LogP contribution in [-0.2, 0) is 14.3 Å². The van der Waals surface area contributed by atoms with Gasteiger partial charge < -0.3 is 14.6 Å². The van der Waals surface area contributed by atoms with Crippen molar-refractivity contribution in [1.82, 2.24) is 9.88 Å². The van der Waals surface area contributed by atoms with Crippen LogP contribution in [0.2, 0.25) is 5.02 Å². The minimum atomic E-state index is -0.343. The van der Waals surface area contributed by atoms with Gasteiger partial charge in [-0.2, -0.15) is 0 Å². The van der Waals surface area contributed by atoms with Gasteiger partial charge in [0.05, 0.1) is 26.0 Å². The molecule has 23 heavy (non-hydrogen) atoms. The van der Waals surface area contributed by atoms with Gasteiger partial charge in [-0.15, -0.1) is 0 Å². The number of methoxy groups -OCH3 is 1. The summed E-state index contributed by atoms with van der Waals surface area (Å²) in [4.78, 5) is 23.2. The first kappa shape index (κ1) is 17.1. The Balaban J connectivity index is 2.02. The van der Waals surface area contributed by atoms with Crippen LogP contribution in [0.1, 0.15) is 24.4 Å². The number of aromatic nitrogens is 1. The van der Waals surface area contributed by atoms with Gasteiger partial charge in [-0.05, 0) is 29.8 Å². The highest BCUT2D eigenvalue weighted by Crippen LogP contribution is 2.23. The summed E-state index contributed by atoms with van der Waals surface area (Å²) in [6, 6.07) is 11.1. The minimum Gasteiger partial charge on any atom is -0.469 e. The number of carbonyl (C=O) groups is 2. The van der Waals surface area contributed by atoms with Crippen LogP contribution in [0, 0.1) is 0 Å². The van der Waals surface area contributed by atoms with Crippen molar-refractivity contribution in [1.29, 1.82) is 0 Å². The number of amides is 1. The monoisotopic (exact) mass is 334 g/mol. The van der Waals surface area contributed by atoms with E-state index in [1.165, 1.54) is 7.11 Å². The fraction of sp³-hybridized carbons (Fsp3) is 0.294. The summed E-state index contributed by atoms with van der Waals surface area (Å²) in [5, 5.41) is 3.40. The van der Waals surface area contributed by atoms with E-state index in [4.69, 9.17) is 11.6 Å². The van der Waals surface area contributed by atoms with Crippen molar-refractivity contribution in [3.8, 4) is 0 Å². The minimum absolute atomic E-state index is 0.123. The summed E-state index contributed by atoms with van der Waals surface area (Å²) in [7, 11) is 1.33. The largest absolute Gasteiger partial charge is 0.469 e. The quantitative estimate of drug-likeness (QED) is 0.792. The second kappa shape index (κ2) is 8.39. The normalized spacial score (nSPS) is 11.7. The molecule has 1 aromatic carbocycles. The number of nitrogens with zero attached hydrogens (tertiary/aromatic N) is 1. The zero-order valence-electron chi connectivity index (χ0n) is 12.9. The third kappa shape index (κ3) is 5.14. The smallest absolute Gasteiger partial charge is 0.307 e. The van der Waals surface area contributed by atoms with Gasteiger partial charge in [0.15, 0.2) is 0 Å². The first-order valence-electron chi connectivity index (χ1n) is 7.31. The van der Waals surface area contributed by atoms with Crippen LogP contribution in [0.4, 0.5) is 0 Å². The molecule has 0 saturated carbocycles. The predicted molar refractivity (Wildman–Crippen MR) is 88.3 cm³/mol. The Labute approximate surface area is 140 Å². The fourth-order valence-electron chi connectivity index (χ4n) is 2.29. The van der Waals surface area contributed by atoms with Crippen LogP contribution in [0.25, 0.3) is 0 Å². The lowest BCUT2D eigenvalue weighted by atomic mass is 10.0. The van der Waals surface area contributed by atoms with Crippen molar-refractivity contribution in [2.75, 3.05) is 13.7 Å². The third-order valence-corrected chi connectivity index (χ3v) is 3.75. The summed E-state index contributed by atoms with van der Waals surface area (Å²) in [5.41, 5.74) is 0.994. The molecule has 2 aromatic rings. The molecule has 1 aromatic heterocycles. The Morgan fingerprint density at radius 2 is 1.87 bits per heavy atom. The molecule has 0 radical (unpaired) electrons. The van der Waals surface area contributed by atoms with Gasteiger partial charge in [0.25, 0.3) is 0 Å². The van der Waals surface area contributed by atoms with Crippen molar-refractivity contribution in [3.05, 3.63) is 59.4 Å².